The molecule has 1 aliphatic heterocycles. The van der Waals surface area contributed by atoms with Crippen LogP contribution in [0.15, 0.2) is 227 Å². The fraction of sp³-hybridized carbons (Fsp3) is 0.0175. The summed E-state index contributed by atoms with van der Waals surface area (Å²) in [6.45, 7) is 0. The van der Waals surface area contributed by atoms with Crippen LogP contribution in [0.1, 0.15) is 22.9 Å². The smallest absolute Gasteiger partial charge is 0.235 e. The van der Waals surface area contributed by atoms with E-state index in [0.29, 0.717) is 5.84 Å². The molecule has 0 amide bonds. The summed E-state index contributed by atoms with van der Waals surface area (Å²) < 4.78 is 11.5. The van der Waals surface area contributed by atoms with Crippen LogP contribution >= 0.6 is 0 Å². The number of fused-ring (bicyclic) bond motifs is 10. The minimum absolute atomic E-state index is 0.294. The zero-order valence-corrected chi connectivity index (χ0v) is 34.1. The van der Waals surface area contributed by atoms with Crippen LogP contribution in [-0.2, 0) is 0 Å². The molecule has 0 saturated heterocycles. The summed E-state index contributed by atoms with van der Waals surface area (Å²) in [7, 11) is 0. The summed E-state index contributed by atoms with van der Waals surface area (Å²) in [5.74, 6) is 1.58. The monoisotopic (exact) mass is 808 g/mol. The van der Waals surface area contributed by atoms with Crippen LogP contribution in [0.5, 0.6) is 0 Å². The fourth-order valence-corrected chi connectivity index (χ4v) is 9.82. The molecule has 13 rings (SSSR count). The predicted octanol–water partition coefficient (Wildman–Crippen LogP) is 12.9. The zero-order valence-electron chi connectivity index (χ0n) is 34.1. The van der Waals surface area contributed by atoms with E-state index in [2.05, 4.69) is 203 Å². The second-order valence-electron chi connectivity index (χ2n) is 16.3. The van der Waals surface area contributed by atoms with Crippen molar-refractivity contribution in [1.82, 2.24) is 9.13 Å². The minimum atomic E-state index is -0.294. The molecule has 0 radical (unpaired) electrons. The number of benzene rings is 9. The SMILES string of the molecule is c1ccc(C2=NC(c3cccc(-n4c5ccccc5c5ccc6c7ccccc7n(-c7ccccc7)c6c54)c3)[NH2+]C(c3ccc4oc5c(-c6ccccc6)cccc5c4c3)=N2)cc1. The highest BCUT2D eigenvalue weighted by atomic mass is 16.3. The summed E-state index contributed by atoms with van der Waals surface area (Å²) in [5, 5.41) is 9.23. The van der Waals surface area contributed by atoms with Gasteiger partial charge >= 0.3 is 0 Å². The third-order valence-electron chi connectivity index (χ3n) is 12.7. The molecule has 2 N–H and O–H groups in total. The van der Waals surface area contributed by atoms with Crippen molar-refractivity contribution < 1.29 is 9.73 Å². The van der Waals surface area contributed by atoms with Crippen LogP contribution in [0.4, 0.5) is 0 Å². The average molecular weight is 809 g/mol. The normalized spacial score (nSPS) is 14.3. The number of hydrogen-bond donors (Lipinski definition) is 1. The number of amidine groups is 2. The minimum Gasteiger partial charge on any atom is -0.455 e. The van der Waals surface area contributed by atoms with E-state index < -0.39 is 0 Å². The van der Waals surface area contributed by atoms with Gasteiger partial charge in [0.05, 0.1) is 27.6 Å². The first kappa shape index (κ1) is 35.4. The van der Waals surface area contributed by atoms with Crippen molar-refractivity contribution in [3.8, 4) is 22.5 Å². The maximum absolute atomic E-state index is 6.57. The third kappa shape index (κ3) is 5.62. The Bertz CT molecular complexity index is 3820. The number of rotatable bonds is 6. The molecule has 1 atom stereocenters. The van der Waals surface area contributed by atoms with E-state index in [1.165, 1.54) is 38.1 Å². The van der Waals surface area contributed by atoms with Crippen molar-refractivity contribution in [1.29, 1.82) is 0 Å². The first-order chi connectivity index (χ1) is 31.2. The van der Waals surface area contributed by atoms with E-state index in [-0.39, 0.29) is 6.17 Å². The highest BCUT2D eigenvalue weighted by Crippen LogP contribution is 2.42. The van der Waals surface area contributed by atoms with Gasteiger partial charge in [-0.25, -0.2) is 4.99 Å². The largest absolute Gasteiger partial charge is 0.455 e. The van der Waals surface area contributed by atoms with E-state index in [9.17, 15) is 0 Å². The number of aliphatic imine (C=N–C) groups is 2. The van der Waals surface area contributed by atoms with E-state index in [1.54, 1.807) is 0 Å². The van der Waals surface area contributed by atoms with Crippen molar-refractivity contribution in [3.05, 3.63) is 229 Å². The molecule has 0 aliphatic carbocycles. The Labute approximate surface area is 362 Å². The Morgan fingerprint density at radius 3 is 1.73 bits per heavy atom. The summed E-state index contributed by atoms with van der Waals surface area (Å²) in [5.41, 5.74) is 13.9. The standard InChI is InChI=1S/C57H37N5O/c1-4-16-36(17-5-1)42-26-15-27-47-48-35-39(30-33-51(48)63-54(42)47)57-59-55(37-18-6-2-7-19-37)58-56(60-57)38-20-14-23-41(34-38)62-50-29-13-11-25-44(50)46-32-31-45-43-24-10-12-28-49(43)61(52(45)53(46)62)40-21-8-3-9-22-40/h1-35,56H,(H,58,59,60)/p+1. The van der Waals surface area contributed by atoms with Crippen LogP contribution < -0.4 is 5.32 Å². The lowest BCUT2D eigenvalue weighted by Gasteiger charge is -2.20. The lowest BCUT2D eigenvalue weighted by atomic mass is 10.0. The van der Waals surface area contributed by atoms with Gasteiger partial charge in [-0.15, -0.1) is 0 Å². The first-order valence-corrected chi connectivity index (χ1v) is 21.4. The predicted molar refractivity (Wildman–Crippen MR) is 258 cm³/mol. The number of hydrogen-bond acceptors (Lipinski definition) is 3. The lowest BCUT2D eigenvalue weighted by Crippen LogP contribution is -2.90. The second-order valence-corrected chi connectivity index (χ2v) is 16.3. The van der Waals surface area contributed by atoms with Gasteiger partial charge in [-0.05, 0) is 60.2 Å². The van der Waals surface area contributed by atoms with Crippen molar-refractivity contribution in [2.24, 2.45) is 9.98 Å². The summed E-state index contributed by atoms with van der Waals surface area (Å²) in [6.07, 6.45) is -0.294. The topological polar surface area (TPSA) is 64.3 Å². The van der Waals surface area contributed by atoms with E-state index in [4.69, 9.17) is 14.4 Å². The Morgan fingerprint density at radius 1 is 0.429 bits per heavy atom. The number of quaternary nitrogens is 1. The lowest BCUT2D eigenvalue weighted by molar-refractivity contribution is -0.586. The number of aromatic nitrogens is 2. The molecule has 0 spiro atoms. The summed E-state index contributed by atoms with van der Waals surface area (Å²) >= 11 is 0. The quantitative estimate of drug-likeness (QED) is 0.179. The Kier molecular flexibility index (Phi) is 7.95. The molecule has 3 aromatic heterocycles. The molecule has 0 saturated carbocycles. The number of para-hydroxylation sites is 4. The molecule has 12 aromatic rings. The van der Waals surface area contributed by atoms with Crippen molar-refractivity contribution in [2.45, 2.75) is 6.17 Å². The highest BCUT2D eigenvalue weighted by Gasteiger charge is 2.28. The molecule has 6 nitrogen and oxygen atoms in total. The second kappa shape index (κ2) is 14.1. The van der Waals surface area contributed by atoms with Crippen LogP contribution in [0.2, 0.25) is 0 Å². The zero-order chi connectivity index (χ0) is 41.4. The van der Waals surface area contributed by atoms with Gasteiger partial charge in [0.1, 0.15) is 11.2 Å². The maximum Gasteiger partial charge on any atom is 0.235 e. The fourth-order valence-electron chi connectivity index (χ4n) is 9.82. The van der Waals surface area contributed by atoms with Crippen molar-refractivity contribution >= 4 is 77.2 Å². The molecule has 6 heteroatoms. The number of nitrogens with two attached hydrogens (primary N) is 1. The molecular formula is C57H38N5O+. The molecular weight excluding hydrogens is 771 g/mol. The molecule has 0 bridgehead atoms. The van der Waals surface area contributed by atoms with E-state index >= 15 is 0 Å². The molecule has 1 unspecified atom stereocenters. The van der Waals surface area contributed by atoms with Gasteiger partial charge in [0.2, 0.25) is 12.0 Å². The van der Waals surface area contributed by atoms with E-state index in [0.717, 1.165) is 72.5 Å². The number of nitrogens with zero attached hydrogens (tertiary/aromatic N) is 4. The Balaban J connectivity index is 0.981. The highest BCUT2D eigenvalue weighted by molar-refractivity contribution is 6.24. The van der Waals surface area contributed by atoms with Gasteiger partial charge in [-0.2, -0.15) is 4.99 Å². The van der Waals surface area contributed by atoms with Gasteiger partial charge in [0, 0.05) is 60.4 Å². The average Bonchev–Trinajstić information content (AvgIpc) is 4.02. The van der Waals surface area contributed by atoms with Crippen LogP contribution in [0.25, 0.3) is 88.1 Å². The van der Waals surface area contributed by atoms with E-state index in [1.807, 2.05) is 24.3 Å². The van der Waals surface area contributed by atoms with Gasteiger partial charge in [0.15, 0.2) is 5.84 Å². The molecule has 0 fully saturated rings. The Morgan fingerprint density at radius 2 is 1.02 bits per heavy atom. The van der Waals surface area contributed by atoms with Crippen LogP contribution in [0.3, 0.4) is 0 Å². The van der Waals surface area contributed by atoms with Gasteiger partial charge in [-0.1, -0.05) is 158 Å². The van der Waals surface area contributed by atoms with Gasteiger partial charge in [-0.3, -0.25) is 5.32 Å². The molecule has 1 aliphatic rings. The van der Waals surface area contributed by atoms with Crippen LogP contribution in [0, 0.1) is 0 Å². The molecule has 9 aromatic carbocycles. The summed E-state index contributed by atoms with van der Waals surface area (Å²) in [6, 6.07) is 75.3. The maximum atomic E-state index is 6.57. The van der Waals surface area contributed by atoms with Crippen molar-refractivity contribution in [3.63, 3.8) is 0 Å². The van der Waals surface area contributed by atoms with Gasteiger partial charge < -0.3 is 13.6 Å². The van der Waals surface area contributed by atoms with Crippen LogP contribution in [-0.4, -0.2) is 20.8 Å². The summed E-state index contributed by atoms with van der Waals surface area (Å²) in [4.78, 5) is 10.6. The molecule has 4 heterocycles. The third-order valence-corrected chi connectivity index (χ3v) is 12.7. The van der Waals surface area contributed by atoms with Crippen molar-refractivity contribution in [2.75, 3.05) is 0 Å². The first-order valence-electron chi connectivity index (χ1n) is 21.4. The Hall–Kier alpha value is -8.32. The molecule has 63 heavy (non-hydrogen) atoms. The number of furan rings is 1. The van der Waals surface area contributed by atoms with Gasteiger partial charge in [0.25, 0.3) is 0 Å². The molecule has 296 valence electrons.